The van der Waals surface area contributed by atoms with Crippen LogP contribution < -0.4 is 10.1 Å². The first-order valence-electron chi connectivity index (χ1n) is 7.31. The second-order valence-corrected chi connectivity index (χ2v) is 6.05. The van der Waals surface area contributed by atoms with E-state index >= 15 is 0 Å². The summed E-state index contributed by atoms with van der Waals surface area (Å²) in [5.74, 6) is 0.0497. The molecular formula is C18H15FN2O2S. The number of carbonyl (C=O) groups is 1. The average Bonchev–Trinajstić information content (AvgIpc) is 2.99. The summed E-state index contributed by atoms with van der Waals surface area (Å²) in [6.45, 7) is 2.17. The van der Waals surface area contributed by atoms with Gasteiger partial charge in [0.1, 0.15) is 18.2 Å². The van der Waals surface area contributed by atoms with E-state index in [1.807, 2.05) is 12.3 Å². The van der Waals surface area contributed by atoms with Crippen LogP contribution in [0.1, 0.15) is 21.6 Å². The Morgan fingerprint density at radius 2 is 2.04 bits per heavy atom. The maximum Gasteiger partial charge on any atom is 0.257 e. The number of benzene rings is 2. The highest BCUT2D eigenvalue weighted by atomic mass is 32.1. The molecule has 0 spiro atoms. The van der Waals surface area contributed by atoms with Crippen molar-refractivity contribution in [1.82, 2.24) is 4.98 Å². The number of carbonyl (C=O) groups excluding carboxylic acids is 1. The third kappa shape index (κ3) is 4.17. The van der Waals surface area contributed by atoms with Crippen molar-refractivity contribution < 1.29 is 13.9 Å². The molecule has 0 atom stereocenters. The lowest BCUT2D eigenvalue weighted by molar-refractivity contribution is 0.102. The van der Waals surface area contributed by atoms with Gasteiger partial charge < -0.3 is 4.74 Å². The molecule has 3 aromatic rings. The molecule has 0 bridgehead atoms. The number of halogens is 1. The fourth-order valence-corrected chi connectivity index (χ4v) is 2.74. The lowest BCUT2D eigenvalue weighted by Gasteiger charge is -2.08. The fraction of sp³-hybridized carbons (Fsp3) is 0.111. The highest BCUT2D eigenvalue weighted by Gasteiger charge is 2.09. The van der Waals surface area contributed by atoms with E-state index in [0.29, 0.717) is 23.1 Å². The smallest absolute Gasteiger partial charge is 0.257 e. The van der Waals surface area contributed by atoms with Gasteiger partial charge >= 0.3 is 0 Å². The Kier molecular flexibility index (Phi) is 4.86. The van der Waals surface area contributed by atoms with Gasteiger partial charge in [0.15, 0.2) is 5.13 Å². The highest BCUT2D eigenvalue weighted by molar-refractivity contribution is 7.13. The Morgan fingerprint density at radius 1 is 1.25 bits per heavy atom. The molecule has 1 N–H and O–H groups in total. The number of amides is 1. The molecule has 1 aromatic heterocycles. The van der Waals surface area contributed by atoms with E-state index in [1.54, 1.807) is 36.4 Å². The first kappa shape index (κ1) is 16.1. The van der Waals surface area contributed by atoms with Crippen LogP contribution in [0.5, 0.6) is 5.75 Å². The van der Waals surface area contributed by atoms with Crippen molar-refractivity contribution in [2.24, 2.45) is 0 Å². The summed E-state index contributed by atoms with van der Waals surface area (Å²) in [7, 11) is 0. The van der Waals surface area contributed by atoms with Crippen LogP contribution in [0.2, 0.25) is 0 Å². The molecule has 0 saturated heterocycles. The summed E-state index contributed by atoms with van der Waals surface area (Å²) >= 11 is 1.38. The van der Waals surface area contributed by atoms with Crippen LogP contribution in [0.3, 0.4) is 0 Å². The lowest BCUT2D eigenvalue weighted by atomic mass is 10.2. The number of aryl methyl sites for hydroxylation is 1. The van der Waals surface area contributed by atoms with Gasteiger partial charge in [0.2, 0.25) is 0 Å². The second kappa shape index (κ2) is 7.23. The van der Waals surface area contributed by atoms with Crippen molar-refractivity contribution in [2.75, 3.05) is 5.32 Å². The molecule has 0 aliphatic heterocycles. The molecule has 1 amide bonds. The topological polar surface area (TPSA) is 51.2 Å². The highest BCUT2D eigenvalue weighted by Crippen LogP contribution is 2.19. The molecule has 0 aliphatic rings. The number of nitrogens with one attached hydrogen (secondary N) is 1. The molecule has 122 valence electrons. The van der Waals surface area contributed by atoms with Crippen LogP contribution in [-0.2, 0) is 6.61 Å². The lowest BCUT2D eigenvalue weighted by Crippen LogP contribution is -2.11. The van der Waals surface area contributed by atoms with Crippen LogP contribution >= 0.6 is 11.3 Å². The summed E-state index contributed by atoms with van der Waals surface area (Å²) in [5.41, 5.74) is 2.20. The standard InChI is InChI=1S/C18H15FN2O2S/c1-12-11-24-18(20-12)21-17(22)14-3-2-4-16(9-14)23-10-13-5-7-15(19)8-6-13/h2-9,11H,10H2,1H3,(H,20,21,22). The molecule has 0 unspecified atom stereocenters. The summed E-state index contributed by atoms with van der Waals surface area (Å²) in [6.07, 6.45) is 0. The minimum Gasteiger partial charge on any atom is -0.489 e. The number of rotatable bonds is 5. The summed E-state index contributed by atoms with van der Waals surface area (Å²) < 4.78 is 18.5. The van der Waals surface area contributed by atoms with Gasteiger partial charge in [-0.3, -0.25) is 10.1 Å². The van der Waals surface area contributed by atoms with Crippen LogP contribution in [0.15, 0.2) is 53.9 Å². The SMILES string of the molecule is Cc1csc(NC(=O)c2cccc(OCc3ccc(F)cc3)c2)n1. The van der Waals surface area contributed by atoms with Crippen LogP contribution in [0, 0.1) is 12.7 Å². The van der Waals surface area contributed by atoms with Gasteiger partial charge in [-0.15, -0.1) is 11.3 Å². The van der Waals surface area contributed by atoms with E-state index < -0.39 is 0 Å². The Morgan fingerprint density at radius 3 is 2.75 bits per heavy atom. The Labute approximate surface area is 142 Å². The maximum absolute atomic E-state index is 12.9. The number of hydrogen-bond acceptors (Lipinski definition) is 4. The first-order valence-corrected chi connectivity index (χ1v) is 8.19. The maximum atomic E-state index is 12.9. The molecule has 2 aromatic carbocycles. The molecule has 3 rings (SSSR count). The van der Waals surface area contributed by atoms with E-state index in [0.717, 1.165) is 11.3 Å². The number of anilines is 1. The Hall–Kier alpha value is -2.73. The van der Waals surface area contributed by atoms with Gasteiger partial charge in [-0.1, -0.05) is 18.2 Å². The number of aromatic nitrogens is 1. The zero-order chi connectivity index (χ0) is 16.9. The summed E-state index contributed by atoms with van der Waals surface area (Å²) in [5, 5.41) is 5.20. The normalized spacial score (nSPS) is 10.4. The molecule has 6 heteroatoms. The van der Waals surface area contributed by atoms with Gasteiger partial charge in [-0.2, -0.15) is 0 Å². The van der Waals surface area contributed by atoms with Gasteiger partial charge in [-0.25, -0.2) is 9.37 Å². The van der Waals surface area contributed by atoms with Crippen molar-refractivity contribution in [3.05, 3.63) is 76.5 Å². The number of hydrogen-bond donors (Lipinski definition) is 1. The summed E-state index contributed by atoms with van der Waals surface area (Å²) in [4.78, 5) is 16.5. The van der Waals surface area contributed by atoms with Crippen molar-refractivity contribution in [3.8, 4) is 5.75 Å². The van der Waals surface area contributed by atoms with Crippen molar-refractivity contribution in [1.29, 1.82) is 0 Å². The molecule has 0 aliphatic carbocycles. The van der Waals surface area contributed by atoms with E-state index in [2.05, 4.69) is 10.3 Å². The predicted octanol–water partition coefficient (Wildman–Crippen LogP) is 4.42. The zero-order valence-electron chi connectivity index (χ0n) is 13.0. The van der Waals surface area contributed by atoms with E-state index in [4.69, 9.17) is 4.74 Å². The molecule has 0 radical (unpaired) electrons. The zero-order valence-corrected chi connectivity index (χ0v) is 13.8. The monoisotopic (exact) mass is 342 g/mol. The van der Waals surface area contributed by atoms with Gasteiger partial charge in [-0.05, 0) is 42.8 Å². The van der Waals surface area contributed by atoms with Crippen molar-refractivity contribution >= 4 is 22.4 Å². The molecule has 4 nitrogen and oxygen atoms in total. The largest absolute Gasteiger partial charge is 0.489 e. The molecule has 24 heavy (non-hydrogen) atoms. The van der Waals surface area contributed by atoms with Crippen LogP contribution in [0.25, 0.3) is 0 Å². The molecule has 0 fully saturated rings. The van der Waals surface area contributed by atoms with Crippen LogP contribution in [0.4, 0.5) is 9.52 Å². The first-order chi connectivity index (χ1) is 11.6. The van der Waals surface area contributed by atoms with Gasteiger partial charge in [0, 0.05) is 10.9 Å². The van der Waals surface area contributed by atoms with Crippen molar-refractivity contribution in [3.63, 3.8) is 0 Å². The molecule has 1 heterocycles. The third-order valence-corrected chi connectivity index (χ3v) is 4.13. The second-order valence-electron chi connectivity index (χ2n) is 5.19. The Bertz CT molecular complexity index is 846. The quantitative estimate of drug-likeness (QED) is 0.747. The van der Waals surface area contributed by atoms with Gasteiger partial charge in [0.05, 0.1) is 5.69 Å². The van der Waals surface area contributed by atoms with Crippen LogP contribution in [-0.4, -0.2) is 10.9 Å². The average molecular weight is 342 g/mol. The van der Waals surface area contributed by atoms with E-state index in [1.165, 1.54) is 23.5 Å². The Balaban J connectivity index is 1.64. The number of thiazole rings is 1. The van der Waals surface area contributed by atoms with Crippen molar-refractivity contribution in [2.45, 2.75) is 13.5 Å². The molecule has 0 saturated carbocycles. The number of nitrogens with zero attached hydrogens (tertiary/aromatic N) is 1. The van der Waals surface area contributed by atoms with E-state index in [-0.39, 0.29) is 11.7 Å². The molecular weight excluding hydrogens is 327 g/mol. The minimum atomic E-state index is -0.283. The number of ether oxygens (including phenoxy) is 1. The van der Waals surface area contributed by atoms with E-state index in [9.17, 15) is 9.18 Å². The predicted molar refractivity (Wildman–Crippen MR) is 92.0 cm³/mol. The minimum absolute atomic E-state index is 0.239. The third-order valence-electron chi connectivity index (χ3n) is 3.25. The van der Waals surface area contributed by atoms with Gasteiger partial charge in [0.25, 0.3) is 5.91 Å². The fourth-order valence-electron chi connectivity index (χ4n) is 2.06. The summed E-state index contributed by atoms with van der Waals surface area (Å²) in [6, 6.07) is 13.0.